The summed E-state index contributed by atoms with van der Waals surface area (Å²) in [5.41, 5.74) is 5.76. The van der Waals surface area contributed by atoms with Crippen molar-refractivity contribution in [3.05, 3.63) is 58.6 Å². The number of aromatic amines is 1. The minimum atomic E-state index is -0.576. The van der Waals surface area contributed by atoms with E-state index >= 15 is 0 Å². The van der Waals surface area contributed by atoms with Gasteiger partial charge in [0.2, 0.25) is 0 Å². The average molecular weight is 338 g/mol. The van der Waals surface area contributed by atoms with E-state index in [1.165, 1.54) is 6.20 Å². The summed E-state index contributed by atoms with van der Waals surface area (Å²) in [4.78, 5) is 29.8. The van der Waals surface area contributed by atoms with E-state index in [9.17, 15) is 9.59 Å². The van der Waals surface area contributed by atoms with Crippen LogP contribution < -0.4 is 21.5 Å². The first kappa shape index (κ1) is 16.5. The number of nitrogen functional groups attached to an aromatic ring is 1. The minimum absolute atomic E-state index is 0.0464. The maximum atomic E-state index is 12.7. The van der Waals surface area contributed by atoms with E-state index in [-0.39, 0.29) is 11.5 Å². The maximum absolute atomic E-state index is 12.7. The number of fused-ring (bicyclic) bond motifs is 1. The monoisotopic (exact) mass is 338 g/mol. The zero-order valence-corrected chi connectivity index (χ0v) is 13.7. The number of H-pyrrole nitrogens is 1. The quantitative estimate of drug-likeness (QED) is 0.662. The van der Waals surface area contributed by atoms with Gasteiger partial charge < -0.3 is 15.8 Å². The van der Waals surface area contributed by atoms with Crippen molar-refractivity contribution < 1.29 is 9.53 Å². The summed E-state index contributed by atoms with van der Waals surface area (Å²) in [6.45, 7) is 2.49. The number of carbonyl (C=O) groups is 1. The van der Waals surface area contributed by atoms with Crippen molar-refractivity contribution in [3.63, 3.8) is 0 Å². The molecule has 0 saturated carbocycles. The molecule has 1 aromatic heterocycles. The molecular weight excluding hydrogens is 320 g/mol. The predicted molar refractivity (Wildman–Crippen MR) is 97.0 cm³/mol. The van der Waals surface area contributed by atoms with Crippen LogP contribution in [0.1, 0.15) is 23.7 Å². The highest BCUT2D eigenvalue weighted by Gasteiger charge is 2.16. The fraction of sp³-hybridized carbons (Fsp3) is 0.167. The summed E-state index contributed by atoms with van der Waals surface area (Å²) in [5, 5.41) is 4.56. The largest absolute Gasteiger partial charge is 0.493 e. The Morgan fingerprint density at radius 2 is 2.00 bits per heavy atom. The van der Waals surface area contributed by atoms with Crippen LogP contribution >= 0.6 is 0 Å². The second-order valence-electron chi connectivity index (χ2n) is 5.51. The second-order valence-corrected chi connectivity index (χ2v) is 5.51. The molecule has 3 aromatic rings. The molecule has 0 aliphatic heterocycles. The summed E-state index contributed by atoms with van der Waals surface area (Å²) in [5.74, 6) is 0.150. The highest BCUT2D eigenvalue weighted by Crippen LogP contribution is 2.27. The van der Waals surface area contributed by atoms with Crippen molar-refractivity contribution in [2.24, 2.45) is 0 Å². The predicted octanol–water partition coefficient (Wildman–Crippen LogP) is 2.55. The number of nitrogens with one attached hydrogen (secondary N) is 2. The standard InChI is InChI=1S/C18H18N4O3/c1-2-7-25-15-9-12-6-4-3-5-11(12)8-13(15)17(23)21-14-10-20-18(24)22-16(14)19/h3-6,8-10H,2,7H2,1H3,(H,21,23)(H3,19,20,22,24). The SMILES string of the molecule is CCCOc1cc2ccccc2cc1C(=O)Nc1cnc(=O)[nH]c1N. The molecule has 4 N–H and O–H groups in total. The molecule has 1 amide bonds. The molecule has 3 rings (SSSR count). The third-order valence-corrected chi connectivity index (χ3v) is 3.65. The molecular formula is C18H18N4O3. The smallest absolute Gasteiger partial charge is 0.346 e. The van der Waals surface area contributed by atoms with Crippen LogP contribution in [0.25, 0.3) is 10.8 Å². The number of carbonyl (C=O) groups excluding carboxylic acids is 1. The second kappa shape index (κ2) is 7.04. The van der Waals surface area contributed by atoms with Gasteiger partial charge in [0.25, 0.3) is 5.91 Å². The molecule has 25 heavy (non-hydrogen) atoms. The lowest BCUT2D eigenvalue weighted by molar-refractivity contribution is 0.102. The van der Waals surface area contributed by atoms with Gasteiger partial charge in [-0.05, 0) is 29.3 Å². The number of anilines is 2. The van der Waals surface area contributed by atoms with Crippen molar-refractivity contribution in [2.75, 3.05) is 17.7 Å². The maximum Gasteiger partial charge on any atom is 0.346 e. The van der Waals surface area contributed by atoms with Crippen molar-refractivity contribution >= 4 is 28.2 Å². The number of aromatic nitrogens is 2. The fourth-order valence-electron chi connectivity index (χ4n) is 2.43. The zero-order chi connectivity index (χ0) is 17.8. The Labute approximate surface area is 143 Å². The van der Waals surface area contributed by atoms with E-state index in [2.05, 4.69) is 15.3 Å². The lowest BCUT2D eigenvalue weighted by Gasteiger charge is -2.13. The third-order valence-electron chi connectivity index (χ3n) is 3.65. The van der Waals surface area contributed by atoms with Crippen LogP contribution in [0.3, 0.4) is 0 Å². The number of amides is 1. The summed E-state index contributed by atoms with van der Waals surface area (Å²) >= 11 is 0. The molecule has 7 heteroatoms. The van der Waals surface area contributed by atoms with Gasteiger partial charge in [-0.25, -0.2) is 4.79 Å². The number of hydrogen-bond donors (Lipinski definition) is 3. The number of ether oxygens (including phenoxy) is 1. The van der Waals surface area contributed by atoms with Crippen LogP contribution in [-0.4, -0.2) is 22.5 Å². The van der Waals surface area contributed by atoms with Gasteiger partial charge in [-0.15, -0.1) is 0 Å². The van der Waals surface area contributed by atoms with Crippen molar-refractivity contribution in [1.29, 1.82) is 0 Å². The van der Waals surface area contributed by atoms with E-state index in [1.807, 2.05) is 37.3 Å². The summed E-state index contributed by atoms with van der Waals surface area (Å²) in [6.07, 6.45) is 2.05. The number of hydrogen-bond acceptors (Lipinski definition) is 5. The molecule has 2 aromatic carbocycles. The van der Waals surface area contributed by atoms with Gasteiger partial charge in [0.1, 0.15) is 17.3 Å². The molecule has 0 atom stereocenters. The van der Waals surface area contributed by atoms with Crippen LogP contribution in [0.15, 0.2) is 47.4 Å². The van der Waals surface area contributed by atoms with Gasteiger partial charge in [-0.1, -0.05) is 31.2 Å². The lowest BCUT2D eigenvalue weighted by Crippen LogP contribution is -2.19. The first-order valence-electron chi connectivity index (χ1n) is 7.90. The van der Waals surface area contributed by atoms with Gasteiger partial charge in [0.15, 0.2) is 0 Å². The van der Waals surface area contributed by atoms with Crippen LogP contribution in [0.5, 0.6) is 5.75 Å². The molecule has 7 nitrogen and oxygen atoms in total. The normalized spacial score (nSPS) is 10.6. The van der Waals surface area contributed by atoms with Gasteiger partial charge in [-0.2, -0.15) is 4.98 Å². The van der Waals surface area contributed by atoms with E-state index < -0.39 is 11.6 Å². The molecule has 0 saturated heterocycles. The van der Waals surface area contributed by atoms with Crippen LogP contribution in [0.4, 0.5) is 11.5 Å². The molecule has 0 unspecified atom stereocenters. The first-order chi connectivity index (χ1) is 12.1. The van der Waals surface area contributed by atoms with E-state index in [1.54, 1.807) is 6.07 Å². The van der Waals surface area contributed by atoms with Crippen LogP contribution in [0.2, 0.25) is 0 Å². The average Bonchev–Trinajstić information content (AvgIpc) is 2.61. The zero-order valence-electron chi connectivity index (χ0n) is 13.7. The molecule has 0 bridgehead atoms. The Bertz CT molecular complexity index is 981. The molecule has 1 heterocycles. The number of nitrogens with two attached hydrogens (primary N) is 1. The Morgan fingerprint density at radius 3 is 2.68 bits per heavy atom. The number of benzene rings is 2. The summed E-state index contributed by atoms with van der Waals surface area (Å²) < 4.78 is 5.74. The third kappa shape index (κ3) is 3.60. The topological polar surface area (TPSA) is 110 Å². The van der Waals surface area contributed by atoms with Crippen molar-refractivity contribution in [1.82, 2.24) is 9.97 Å². The number of rotatable bonds is 5. The first-order valence-corrected chi connectivity index (χ1v) is 7.90. The summed E-state index contributed by atoms with van der Waals surface area (Å²) in [6, 6.07) is 11.3. The highest BCUT2D eigenvalue weighted by molar-refractivity contribution is 6.09. The van der Waals surface area contributed by atoms with E-state index in [0.29, 0.717) is 17.9 Å². The van der Waals surface area contributed by atoms with Gasteiger partial charge >= 0.3 is 5.69 Å². The Kier molecular flexibility index (Phi) is 4.65. The van der Waals surface area contributed by atoms with Crippen molar-refractivity contribution in [2.45, 2.75) is 13.3 Å². The Morgan fingerprint density at radius 1 is 1.28 bits per heavy atom. The molecule has 0 radical (unpaired) electrons. The van der Waals surface area contributed by atoms with E-state index in [0.717, 1.165) is 17.2 Å². The Balaban J connectivity index is 1.99. The minimum Gasteiger partial charge on any atom is -0.493 e. The van der Waals surface area contributed by atoms with Gasteiger partial charge in [-0.3, -0.25) is 9.78 Å². The summed E-state index contributed by atoms with van der Waals surface area (Å²) in [7, 11) is 0. The Hall–Kier alpha value is -3.35. The van der Waals surface area contributed by atoms with Crippen LogP contribution in [-0.2, 0) is 0 Å². The molecule has 0 spiro atoms. The highest BCUT2D eigenvalue weighted by atomic mass is 16.5. The molecule has 0 aliphatic rings. The molecule has 128 valence electrons. The van der Waals surface area contributed by atoms with E-state index in [4.69, 9.17) is 10.5 Å². The molecule has 0 fully saturated rings. The van der Waals surface area contributed by atoms with Crippen LogP contribution in [0, 0.1) is 0 Å². The number of nitrogens with zero attached hydrogens (tertiary/aromatic N) is 1. The van der Waals surface area contributed by atoms with Crippen molar-refractivity contribution in [3.8, 4) is 5.75 Å². The van der Waals surface area contributed by atoms with Gasteiger partial charge in [0, 0.05) is 0 Å². The molecule has 0 aliphatic carbocycles. The fourth-order valence-corrected chi connectivity index (χ4v) is 2.43. The lowest BCUT2D eigenvalue weighted by atomic mass is 10.1. The van der Waals surface area contributed by atoms with Gasteiger partial charge in [0.05, 0.1) is 18.4 Å².